The van der Waals surface area contributed by atoms with Gasteiger partial charge in [-0.1, -0.05) is 11.6 Å². The molecule has 0 bridgehead atoms. The summed E-state index contributed by atoms with van der Waals surface area (Å²) < 4.78 is 0.790. The summed E-state index contributed by atoms with van der Waals surface area (Å²) >= 11 is 8.99. The molecule has 0 amide bonds. The van der Waals surface area contributed by atoms with Gasteiger partial charge in [0.1, 0.15) is 6.54 Å². The number of hydrogen-bond acceptors (Lipinski definition) is 2. The van der Waals surface area contributed by atoms with E-state index in [9.17, 15) is 4.79 Å². The number of halogens is 2. The third-order valence-corrected chi connectivity index (χ3v) is 2.29. The fourth-order valence-corrected chi connectivity index (χ4v) is 1.36. The van der Waals surface area contributed by atoms with Crippen LogP contribution in [0.5, 0.6) is 0 Å². The van der Waals surface area contributed by atoms with Crippen molar-refractivity contribution in [1.82, 2.24) is 0 Å². The molecular weight excluding hydrogens is 257 g/mol. The first kappa shape index (κ1) is 10.3. The van der Waals surface area contributed by atoms with Gasteiger partial charge in [0, 0.05) is 9.50 Å². The summed E-state index contributed by atoms with van der Waals surface area (Å²) in [6.45, 7) is -0.126. The molecule has 0 saturated carbocycles. The van der Waals surface area contributed by atoms with E-state index < -0.39 is 5.97 Å². The normalized spacial score (nSPS) is 9.69. The Hall–Kier alpha value is -0.740. The van der Waals surface area contributed by atoms with Gasteiger partial charge in [0.15, 0.2) is 0 Å². The van der Waals surface area contributed by atoms with Gasteiger partial charge in [0.05, 0.1) is 5.69 Å². The second-order valence-electron chi connectivity index (χ2n) is 2.37. The van der Waals surface area contributed by atoms with Crippen molar-refractivity contribution in [1.29, 1.82) is 0 Å². The Balaban J connectivity index is 2.75. The lowest BCUT2D eigenvalue weighted by Crippen LogP contribution is -2.12. The van der Waals surface area contributed by atoms with Gasteiger partial charge in [-0.2, -0.15) is 0 Å². The predicted molar refractivity (Wildman–Crippen MR) is 55.3 cm³/mol. The van der Waals surface area contributed by atoms with E-state index >= 15 is 0 Å². The molecular formula is C8H7BrClNO2. The molecule has 1 aromatic rings. The zero-order chi connectivity index (χ0) is 9.84. The summed E-state index contributed by atoms with van der Waals surface area (Å²) in [5.41, 5.74) is 0.676. The van der Waals surface area contributed by atoms with Crippen LogP contribution >= 0.6 is 27.5 Å². The van der Waals surface area contributed by atoms with E-state index in [1.807, 2.05) is 0 Å². The Labute approximate surface area is 88.8 Å². The van der Waals surface area contributed by atoms with E-state index in [1.54, 1.807) is 18.2 Å². The Morgan fingerprint density at radius 3 is 2.92 bits per heavy atom. The number of carboxylic acid groups (broad SMARTS) is 1. The minimum atomic E-state index is -0.910. The maximum absolute atomic E-state index is 10.3. The molecule has 0 heterocycles. The van der Waals surface area contributed by atoms with Crippen molar-refractivity contribution >= 4 is 39.2 Å². The summed E-state index contributed by atoms with van der Waals surface area (Å²) in [5.74, 6) is -0.910. The topological polar surface area (TPSA) is 49.3 Å². The summed E-state index contributed by atoms with van der Waals surface area (Å²) in [6.07, 6.45) is 0. The Morgan fingerprint density at radius 1 is 1.62 bits per heavy atom. The molecule has 70 valence electrons. The highest BCUT2D eigenvalue weighted by Crippen LogP contribution is 2.25. The van der Waals surface area contributed by atoms with Crippen LogP contribution in [0.3, 0.4) is 0 Å². The van der Waals surface area contributed by atoms with Crippen molar-refractivity contribution in [2.45, 2.75) is 0 Å². The minimum absolute atomic E-state index is 0.126. The van der Waals surface area contributed by atoms with E-state index in [0.717, 1.165) is 4.47 Å². The molecule has 0 fully saturated rings. The standard InChI is InChI=1S/C8H7BrClNO2/c9-6-2-1-5(10)3-7(6)11-4-8(12)13/h1-3,11H,4H2,(H,12,13). The quantitative estimate of drug-likeness (QED) is 0.882. The number of carbonyl (C=O) groups is 1. The molecule has 0 spiro atoms. The molecule has 1 rings (SSSR count). The van der Waals surface area contributed by atoms with Crippen molar-refractivity contribution in [3.05, 3.63) is 27.7 Å². The van der Waals surface area contributed by atoms with Crippen LogP contribution in [0.15, 0.2) is 22.7 Å². The Kier molecular flexibility index (Phi) is 3.57. The highest BCUT2D eigenvalue weighted by molar-refractivity contribution is 9.10. The van der Waals surface area contributed by atoms with Crippen LogP contribution in [-0.4, -0.2) is 17.6 Å². The SMILES string of the molecule is O=C(O)CNc1cc(Cl)ccc1Br. The highest BCUT2D eigenvalue weighted by atomic mass is 79.9. The molecule has 0 aromatic heterocycles. The second-order valence-corrected chi connectivity index (χ2v) is 3.66. The Bertz CT molecular complexity index is 330. The van der Waals surface area contributed by atoms with Crippen molar-refractivity contribution < 1.29 is 9.90 Å². The van der Waals surface area contributed by atoms with Crippen molar-refractivity contribution in [2.24, 2.45) is 0 Å². The van der Waals surface area contributed by atoms with Crippen LogP contribution in [-0.2, 0) is 4.79 Å². The average Bonchev–Trinajstić information content (AvgIpc) is 2.06. The van der Waals surface area contributed by atoms with E-state index in [2.05, 4.69) is 21.2 Å². The first-order valence-electron chi connectivity index (χ1n) is 3.50. The maximum atomic E-state index is 10.3. The van der Waals surface area contributed by atoms with Gasteiger partial charge >= 0.3 is 5.97 Å². The largest absolute Gasteiger partial charge is 0.480 e. The number of rotatable bonds is 3. The first-order chi connectivity index (χ1) is 6.09. The van der Waals surface area contributed by atoms with Gasteiger partial charge in [-0.05, 0) is 34.1 Å². The fraction of sp³-hybridized carbons (Fsp3) is 0.125. The van der Waals surface area contributed by atoms with Crippen LogP contribution in [0.1, 0.15) is 0 Å². The maximum Gasteiger partial charge on any atom is 0.322 e. The molecule has 0 saturated heterocycles. The van der Waals surface area contributed by atoms with Gasteiger partial charge in [0.2, 0.25) is 0 Å². The van der Waals surface area contributed by atoms with E-state index in [4.69, 9.17) is 16.7 Å². The van der Waals surface area contributed by atoms with Crippen molar-refractivity contribution in [3.8, 4) is 0 Å². The average molecular weight is 265 g/mol. The van der Waals surface area contributed by atoms with Crippen LogP contribution in [0.25, 0.3) is 0 Å². The third kappa shape index (κ3) is 3.24. The number of nitrogens with one attached hydrogen (secondary N) is 1. The molecule has 0 aliphatic heterocycles. The lowest BCUT2D eigenvalue weighted by molar-refractivity contribution is -0.134. The van der Waals surface area contributed by atoms with Crippen LogP contribution in [0.4, 0.5) is 5.69 Å². The molecule has 0 aliphatic rings. The molecule has 0 atom stereocenters. The summed E-state index contributed by atoms with van der Waals surface area (Å²) in [4.78, 5) is 10.3. The molecule has 1 aromatic carbocycles. The van der Waals surface area contributed by atoms with Crippen LogP contribution < -0.4 is 5.32 Å². The molecule has 2 N–H and O–H groups in total. The van der Waals surface area contributed by atoms with E-state index in [0.29, 0.717) is 10.7 Å². The van der Waals surface area contributed by atoms with E-state index in [-0.39, 0.29) is 6.54 Å². The van der Waals surface area contributed by atoms with Gasteiger partial charge in [-0.25, -0.2) is 0 Å². The first-order valence-corrected chi connectivity index (χ1v) is 4.67. The second kappa shape index (κ2) is 4.48. The zero-order valence-electron chi connectivity index (χ0n) is 6.55. The fourth-order valence-electron chi connectivity index (χ4n) is 0.804. The summed E-state index contributed by atoms with van der Waals surface area (Å²) in [6, 6.07) is 5.14. The summed E-state index contributed by atoms with van der Waals surface area (Å²) in [5, 5.41) is 11.7. The molecule has 13 heavy (non-hydrogen) atoms. The smallest absolute Gasteiger partial charge is 0.322 e. The Morgan fingerprint density at radius 2 is 2.31 bits per heavy atom. The van der Waals surface area contributed by atoms with Gasteiger partial charge in [0.25, 0.3) is 0 Å². The number of carboxylic acids is 1. The van der Waals surface area contributed by atoms with Crippen LogP contribution in [0.2, 0.25) is 5.02 Å². The van der Waals surface area contributed by atoms with Crippen molar-refractivity contribution in [3.63, 3.8) is 0 Å². The lowest BCUT2D eigenvalue weighted by atomic mass is 10.3. The molecule has 3 nitrogen and oxygen atoms in total. The van der Waals surface area contributed by atoms with Gasteiger partial charge < -0.3 is 10.4 Å². The van der Waals surface area contributed by atoms with E-state index in [1.165, 1.54) is 0 Å². The number of hydrogen-bond donors (Lipinski definition) is 2. The van der Waals surface area contributed by atoms with Crippen LogP contribution in [0, 0.1) is 0 Å². The molecule has 5 heteroatoms. The van der Waals surface area contributed by atoms with Gasteiger partial charge in [-0.3, -0.25) is 4.79 Å². The summed E-state index contributed by atoms with van der Waals surface area (Å²) in [7, 11) is 0. The minimum Gasteiger partial charge on any atom is -0.480 e. The molecule has 0 unspecified atom stereocenters. The number of aliphatic carboxylic acids is 1. The predicted octanol–water partition coefficient (Wildman–Crippen LogP) is 2.60. The van der Waals surface area contributed by atoms with Gasteiger partial charge in [-0.15, -0.1) is 0 Å². The lowest BCUT2D eigenvalue weighted by Gasteiger charge is -2.05. The number of benzene rings is 1. The van der Waals surface area contributed by atoms with Crippen molar-refractivity contribution in [2.75, 3.05) is 11.9 Å². The number of anilines is 1. The zero-order valence-corrected chi connectivity index (χ0v) is 8.89. The third-order valence-electron chi connectivity index (χ3n) is 1.36. The molecule has 0 radical (unpaired) electrons. The highest BCUT2D eigenvalue weighted by Gasteiger charge is 2.01. The monoisotopic (exact) mass is 263 g/mol. The molecule has 0 aliphatic carbocycles.